The van der Waals surface area contributed by atoms with E-state index in [1.807, 2.05) is 0 Å². The van der Waals surface area contributed by atoms with E-state index < -0.39 is 0 Å². The molecular weight excluding hydrogens is 222 g/mol. The fourth-order valence-electron chi connectivity index (χ4n) is 2.14. The van der Waals surface area contributed by atoms with E-state index in [4.69, 9.17) is 0 Å². The highest BCUT2D eigenvalue weighted by atomic mass is 16.3. The van der Waals surface area contributed by atoms with Gasteiger partial charge in [0.15, 0.2) is 0 Å². The van der Waals surface area contributed by atoms with Gasteiger partial charge in [0.2, 0.25) is 0 Å². The number of hydrogen-bond acceptors (Lipinski definition) is 2. The third-order valence-corrected chi connectivity index (χ3v) is 3.61. The molecule has 0 saturated heterocycles. The van der Waals surface area contributed by atoms with Crippen LogP contribution in [-0.4, -0.2) is 30.2 Å². The zero-order valence-electron chi connectivity index (χ0n) is 12.2. The number of aryl methyl sites for hydroxylation is 1. The summed E-state index contributed by atoms with van der Waals surface area (Å²) in [6, 6.07) is 8.82. The fourth-order valence-corrected chi connectivity index (χ4v) is 2.14. The Kier molecular flexibility index (Phi) is 6.37. The molecule has 0 bridgehead atoms. The van der Waals surface area contributed by atoms with Crippen molar-refractivity contribution in [1.82, 2.24) is 4.90 Å². The van der Waals surface area contributed by atoms with E-state index in [-0.39, 0.29) is 6.61 Å². The average Bonchev–Trinajstić information content (AvgIpc) is 2.36. The van der Waals surface area contributed by atoms with Crippen molar-refractivity contribution in [2.24, 2.45) is 11.8 Å². The number of nitrogens with zero attached hydrogens (tertiary/aromatic N) is 1. The number of rotatable bonds is 7. The molecule has 1 atom stereocenters. The van der Waals surface area contributed by atoms with E-state index in [1.165, 1.54) is 11.1 Å². The van der Waals surface area contributed by atoms with Crippen molar-refractivity contribution in [2.75, 3.05) is 20.2 Å². The average molecular weight is 249 g/mol. The zero-order valence-corrected chi connectivity index (χ0v) is 12.2. The molecule has 1 aromatic rings. The van der Waals surface area contributed by atoms with Gasteiger partial charge in [0.25, 0.3) is 0 Å². The lowest BCUT2D eigenvalue weighted by Crippen LogP contribution is -2.30. The Morgan fingerprint density at radius 2 is 1.67 bits per heavy atom. The van der Waals surface area contributed by atoms with Crippen LogP contribution in [0, 0.1) is 11.8 Å². The summed E-state index contributed by atoms with van der Waals surface area (Å²) >= 11 is 0. The van der Waals surface area contributed by atoms with Gasteiger partial charge < -0.3 is 10.0 Å². The lowest BCUT2D eigenvalue weighted by molar-refractivity contribution is 0.143. The van der Waals surface area contributed by atoms with Gasteiger partial charge >= 0.3 is 0 Å². The predicted octanol–water partition coefficient (Wildman–Crippen LogP) is 2.95. The third-order valence-electron chi connectivity index (χ3n) is 3.61. The van der Waals surface area contributed by atoms with E-state index in [0.29, 0.717) is 11.8 Å². The molecule has 0 radical (unpaired) electrons. The Morgan fingerprint density at radius 3 is 2.11 bits per heavy atom. The van der Waals surface area contributed by atoms with E-state index in [1.54, 1.807) is 0 Å². The van der Waals surface area contributed by atoms with Crippen molar-refractivity contribution >= 4 is 0 Å². The molecule has 0 saturated carbocycles. The molecular formula is C16H27NO. The van der Waals surface area contributed by atoms with Gasteiger partial charge in [-0.2, -0.15) is 0 Å². The number of benzene rings is 1. The fraction of sp³-hybridized carbons (Fsp3) is 0.625. The Labute approximate surface area is 112 Å². The van der Waals surface area contributed by atoms with Gasteiger partial charge in [-0.3, -0.25) is 0 Å². The van der Waals surface area contributed by atoms with Gasteiger partial charge in [-0.1, -0.05) is 45.0 Å². The normalized spacial score (nSPS) is 13.3. The second-order valence-corrected chi connectivity index (χ2v) is 5.55. The highest BCUT2D eigenvalue weighted by Gasteiger charge is 2.14. The Hall–Kier alpha value is -0.860. The van der Waals surface area contributed by atoms with Crippen LogP contribution in [0.25, 0.3) is 0 Å². The second-order valence-electron chi connectivity index (χ2n) is 5.55. The minimum absolute atomic E-state index is 0.275. The summed E-state index contributed by atoms with van der Waals surface area (Å²) in [6.07, 6.45) is 1.09. The van der Waals surface area contributed by atoms with Crippen LogP contribution >= 0.6 is 0 Å². The molecule has 0 aromatic heterocycles. The second kappa shape index (κ2) is 7.55. The summed E-state index contributed by atoms with van der Waals surface area (Å²) in [5.41, 5.74) is 2.73. The molecule has 1 N–H and O–H groups in total. The van der Waals surface area contributed by atoms with E-state index in [0.717, 1.165) is 19.5 Å². The zero-order chi connectivity index (χ0) is 13.5. The number of hydrogen-bond donors (Lipinski definition) is 1. The Morgan fingerprint density at radius 1 is 1.11 bits per heavy atom. The molecule has 2 heteroatoms. The molecule has 0 fully saturated rings. The minimum Gasteiger partial charge on any atom is -0.396 e. The summed E-state index contributed by atoms with van der Waals surface area (Å²) in [5.74, 6) is 0.893. The molecule has 1 unspecified atom stereocenters. The van der Waals surface area contributed by atoms with Crippen LogP contribution in [0.5, 0.6) is 0 Å². The first-order valence-corrected chi connectivity index (χ1v) is 6.94. The molecule has 0 aliphatic rings. The standard InChI is InChI=1S/C16H27NO/c1-5-14-6-8-15(9-7-14)10-17(4)11-16(12-18)13(2)3/h6-9,13,16,18H,5,10-12H2,1-4H3. The van der Waals surface area contributed by atoms with Crippen molar-refractivity contribution in [3.05, 3.63) is 35.4 Å². The Bertz CT molecular complexity index is 331. The van der Waals surface area contributed by atoms with Crippen molar-refractivity contribution in [2.45, 2.75) is 33.7 Å². The summed E-state index contributed by atoms with van der Waals surface area (Å²) in [7, 11) is 2.12. The van der Waals surface area contributed by atoms with Crippen LogP contribution in [-0.2, 0) is 13.0 Å². The maximum atomic E-state index is 9.35. The van der Waals surface area contributed by atoms with Crippen LogP contribution in [0.15, 0.2) is 24.3 Å². The molecule has 18 heavy (non-hydrogen) atoms. The number of aliphatic hydroxyl groups is 1. The maximum absolute atomic E-state index is 9.35. The quantitative estimate of drug-likeness (QED) is 0.803. The van der Waals surface area contributed by atoms with E-state index in [9.17, 15) is 5.11 Å². The van der Waals surface area contributed by atoms with Gasteiger partial charge in [0, 0.05) is 19.7 Å². The molecule has 0 aliphatic heterocycles. The van der Waals surface area contributed by atoms with Crippen molar-refractivity contribution in [1.29, 1.82) is 0 Å². The minimum atomic E-state index is 0.275. The molecule has 0 aliphatic carbocycles. The topological polar surface area (TPSA) is 23.5 Å². The summed E-state index contributed by atoms with van der Waals surface area (Å²) < 4.78 is 0. The highest BCUT2D eigenvalue weighted by molar-refractivity contribution is 5.22. The van der Waals surface area contributed by atoms with Gasteiger partial charge in [-0.25, -0.2) is 0 Å². The van der Waals surface area contributed by atoms with Gasteiger partial charge in [-0.05, 0) is 36.4 Å². The van der Waals surface area contributed by atoms with Crippen LogP contribution in [0.1, 0.15) is 31.9 Å². The van der Waals surface area contributed by atoms with E-state index >= 15 is 0 Å². The van der Waals surface area contributed by atoms with Gasteiger partial charge in [0.05, 0.1) is 0 Å². The lowest BCUT2D eigenvalue weighted by Gasteiger charge is -2.25. The smallest absolute Gasteiger partial charge is 0.0473 e. The predicted molar refractivity (Wildman–Crippen MR) is 77.6 cm³/mol. The monoisotopic (exact) mass is 249 g/mol. The molecule has 2 nitrogen and oxygen atoms in total. The largest absolute Gasteiger partial charge is 0.396 e. The molecule has 102 valence electrons. The van der Waals surface area contributed by atoms with Gasteiger partial charge in [-0.15, -0.1) is 0 Å². The summed E-state index contributed by atoms with van der Waals surface area (Å²) in [6.45, 7) is 8.69. The van der Waals surface area contributed by atoms with Gasteiger partial charge in [0.1, 0.15) is 0 Å². The van der Waals surface area contributed by atoms with Crippen molar-refractivity contribution in [3.63, 3.8) is 0 Å². The number of aliphatic hydroxyl groups excluding tert-OH is 1. The van der Waals surface area contributed by atoms with Crippen molar-refractivity contribution < 1.29 is 5.11 Å². The summed E-state index contributed by atoms with van der Waals surface area (Å²) in [5, 5.41) is 9.35. The van der Waals surface area contributed by atoms with Crippen LogP contribution in [0.3, 0.4) is 0 Å². The lowest BCUT2D eigenvalue weighted by atomic mass is 9.96. The van der Waals surface area contributed by atoms with Crippen LogP contribution in [0.2, 0.25) is 0 Å². The molecule has 0 heterocycles. The maximum Gasteiger partial charge on any atom is 0.0473 e. The first-order chi connectivity index (χ1) is 8.56. The van der Waals surface area contributed by atoms with Crippen molar-refractivity contribution in [3.8, 4) is 0 Å². The highest BCUT2D eigenvalue weighted by Crippen LogP contribution is 2.13. The first kappa shape index (κ1) is 15.2. The molecule has 0 spiro atoms. The molecule has 0 amide bonds. The summed E-state index contributed by atoms with van der Waals surface area (Å²) in [4.78, 5) is 2.29. The third kappa shape index (κ3) is 4.79. The van der Waals surface area contributed by atoms with E-state index in [2.05, 4.69) is 57.0 Å². The van der Waals surface area contributed by atoms with Crippen LogP contribution < -0.4 is 0 Å². The van der Waals surface area contributed by atoms with Crippen LogP contribution in [0.4, 0.5) is 0 Å². The Balaban J connectivity index is 2.50. The first-order valence-electron chi connectivity index (χ1n) is 6.94. The molecule has 1 rings (SSSR count). The SMILES string of the molecule is CCc1ccc(CN(C)CC(CO)C(C)C)cc1. The molecule has 1 aromatic carbocycles.